The minimum atomic E-state index is -0.163. The van der Waals surface area contributed by atoms with E-state index in [0.29, 0.717) is 11.8 Å². The van der Waals surface area contributed by atoms with Crippen molar-refractivity contribution in [2.75, 3.05) is 0 Å². The molecule has 0 fully saturated rings. The second-order valence-corrected chi connectivity index (χ2v) is 6.47. The van der Waals surface area contributed by atoms with Crippen molar-refractivity contribution in [2.24, 2.45) is 0 Å². The number of fused-ring (bicyclic) bond motifs is 3. The van der Waals surface area contributed by atoms with Crippen molar-refractivity contribution in [3.8, 4) is 0 Å². The van der Waals surface area contributed by atoms with Crippen molar-refractivity contribution < 1.29 is 4.74 Å². The van der Waals surface area contributed by atoms with Gasteiger partial charge in [-0.25, -0.2) is 9.97 Å². The predicted molar refractivity (Wildman–Crippen MR) is 70.0 cm³/mol. The van der Waals surface area contributed by atoms with E-state index in [1.807, 2.05) is 0 Å². The standard InChI is InChI=1S/C11H10Cl2N2OS/c1-11(2)3-5-6(4-16-11)17-9-7(5)8(12)14-10(13)15-9/h3-4H2,1-2H3. The van der Waals surface area contributed by atoms with E-state index in [9.17, 15) is 0 Å². The smallest absolute Gasteiger partial charge is 0.225 e. The van der Waals surface area contributed by atoms with Gasteiger partial charge in [0.25, 0.3) is 0 Å². The lowest BCUT2D eigenvalue weighted by Gasteiger charge is -2.30. The summed E-state index contributed by atoms with van der Waals surface area (Å²) in [5.74, 6) is 0. The molecule has 0 amide bonds. The molecule has 0 unspecified atom stereocenters. The van der Waals surface area contributed by atoms with Crippen molar-refractivity contribution >= 4 is 44.8 Å². The molecule has 0 atom stereocenters. The van der Waals surface area contributed by atoms with E-state index in [-0.39, 0.29) is 10.9 Å². The van der Waals surface area contributed by atoms with E-state index in [1.54, 1.807) is 11.3 Å². The van der Waals surface area contributed by atoms with Gasteiger partial charge in [0.1, 0.15) is 9.98 Å². The fourth-order valence-electron chi connectivity index (χ4n) is 2.08. The van der Waals surface area contributed by atoms with E-state index in [2.05, 4.69) is 23.8 Å². The summed E-state index contributed by atoms with van der Waals surface area (Å²) in [4.78, 5) is 10.3. The van der Waals surface area contributed by atoms with Gasteiger partial charge in [0.2, 0.25) is 5.28 Å². The van der Waals surface area contributed by atoms with Crippen LogP contribution in [0.3, 0.4) is 0 Å². The average molecular weight is 289 g/mol. The van der Waals surface area contributed by atoms with Gasteiger partial charge in [0.05, 0.1) is 17.6 Å². The van der Waals surface area contributed by atoms with Crippen molar-refractivity contribution in [3.05, 3.63) is 20.9 Å². The lowest BCUT2D eigenvalue weighted by atomic mass is 9.95. The molecule has 90 valence electrons. The molecule has 2 aromatic rings. The highest BCUT2D eigenvalue weighted by molar-refractivity contribution is 7.19. The van der Waals surface area contributed by atoms with Crippen LogP contribution in [0.15, 0.2) is 0 Å². The molecule has 6 heteroatoms. The molecule has 3 rings (SSSR count). The van der Waals surface area contributed by atoms with Crippen LogP contribution < -0.4 is 0 Å². The Morgan fingerprint density at radius 3 is 2.82 bits per heavy atom. The molecule has 3 heterocycles. The lowest BCUT2D eigenvalue weighted by Crippen LogP contribution is -2.30. The summed E-state index contributed by atoms with van der Waals surface area (Å²) in [5.41, 5.74) is 1.05. The van der Waals surface area contributed by atoms with Crippen molar-refractivity contribution in [1.29, 1.82) is 0 Å². The van der Waals surface area contributed by atoms with Crippen molar-refractivity contribution in [1.82, 2.24) is 9.97 Å². The second kappa shape index (κ2) is 3.79. The van der Waals surface area contributed by atoms with E-state index in [0.717, 1.165) is 16.6 Å². The fourth-order valence-corrected chi connectivity index (χ4v) is 3.78. The molecule has 0 N–H and O–H groups in total. The van der Waals surface area contributed by atoms with Gasteiger partial charge in [-0.15, -0.1) is 11.3 Å². The van der Waals surface area contributed by atoms with Gasteiger partial charge in [-0.3, -0.25) is 0 Å². The summed E-state index contributed by atoms with van der Waals surface area (Å²) >= 11 is 13.6. The monoisotopic (exact) mass is 288 g/mol. The van der Waals surface area contributed by atoms with E-state index in [1.165, 1.54) is 10.4 Å². The first-order valence-corrected chi connectivity index (χ1v) is 6.81. The Kier molecular flexibility index (Phi) is 2.60. The Morgan fingerprint density at radius 1 is 1.29 bits per heavy atom. The van der Waals surface area contributed by atoms with E-state index in [4.69, 9.17) is 27.9 Å². The molecule has 0 radical (unpaired) electrons. The zero-order valence-electron chi connectivity index (χ0n) is 9.38. The molecule has 0 saturated carbocycles. The molecule has 2 aromatic heterocycles. The fraction of sp³-hybridized carbons (Fsp3) is 0.455. The highest BCUT2D eigenvalue weighted by Gasteiger charge is 2.30. The van der Waals surface area contributed by atoms with Crippen LogP contribution in [0.2, 0.25) is 10.4 Å². The number of ether oxygens (including phenoxy) is 1. The minimum Gasteiger partial charge on any atom is -0.370 e. The minimum absolute atomic E-state index is 0.163. The van der Waals surface area contributed by atoms with E-state index < -0.39 is 0 Å². The molecule has 0 spiro atoms. The van der Waals surface area contributed by atoms with Gasteiger partial charge in [0.15, 0.2) is 0 Å². The normalized spacial score (nSPS) is 18.4. The Bertz CT molecular complexity index is 609. The number of halogens is 2. The summed E-state index contributed by atoms with van der Waals surface area (Å²) in [6.45, 7) is 4.76. The Hall–Kier alpha value is -0.420. The molecule has 0 aromatic carbocycles. The molecule has 1 aliphatic heterocycles. The first kappa shape index (κ1) is 11.7. The summed E-state index contributed by atoms with van der Waals surface area (Å²) in [5, 5.41) is 1.57. The molecule has 0 saturated heterocycles. The molecule has 0 aliphatic carbocycles. The molecular formula is C11H10Cl2N2OS. The number of nitrogens with zero attached hydrogens (tertiary/aromatic N) is 2. The van der Waals surface area contributed by atoms with Crippen molar-refractivity contribution in [2.45, 2.75) is 32.5 Å². The third kappa shape index (κ3) is 1.93. The highest BCUT2D eigenvalue weighted by atomic mass is 35.5. The summed E-state index contributed by atoms with van der Waals surface area (Å²) in [6.07, 6.45) is 0.826. The Balaban J connectivity index is 2.28. The summed E-state index contributed by atoms with van der Waals surface area (Å²) in [6, 6.07) is 0. The zero-order valence-corrected chi connectivity index (χ0v) is 11.7. The van der Waals surface area contributed by atoms with Crippen LogP contribution in [0.1, 0.15) is 24.3 Å². The van der Waals surface area contributed by atoms with Crippen LogP contribution in [0.4, 0.5) is 0 Å². The third-order valence-corrected chi connectivity index (χ3v) is 4.40. The lowest BCUT2D eigenvalue weighted by molar-refractivity contribution is -0.0379. The Morgan fingerprint density at radius 2 is 2.06 bits per heavy atom. The summed E-state index contributed by atoms with van der Waals surface area (Å²) < 4.78 is 5.78. The largest absolute Gasteiger partial charge is 0.370 e. The molecule has 1 aliphatic rings. The molecule has 0 bridgehead atoms. The zero-order chi connectivity index (χ0) is 12.2. The predicted octanol–water partition coefficient (Wildman–Crippen LogP) is 3.85. The van der Waals surface area contributed by atoms with Crippen LogP contribution in [-0.4, -0.2) is 15.6 Å². The first-order valence-electron chi connectivity index (χ1n) is 5.23. The SMILES string of the molecule is CC1(C)Cc2c(sc3nc(Cl)nc(Cl)c23)CO1. The quantitative estimate of drug-likeness (QED) is 0.546. The topological polar surface area (TPSA) is 35.0 Å². The van der Waals surface area contributed by atoms with Crippen LogP contribution in [0.5, 0.6) is 0 Å². The number of hydrogen-bond acceptors (Lipinski definition) is 4. The number of rotatable bonds is 0. The Labute approximate surface area is 113 Å². The van der Waals surface area contributed by atoms with Gasteiger partial charge >= 0.3 is 0 Å². The van der Waals surface area contributed by atoms with Gasteiger partial charge in [0, 0.05) is 11.3 Å². The van der Waals surface area contributed by atoms with Gasteiger partial charge in [-0.1, -0.05) is 11.6 Å². The number of thiophene rings is 1. The maximum atomic E-state index is 6.16. The average Bonchev–Trinajstić information content (AvgIpc) is 2.53. The molecular weight excluding hydrogens is 279 g/mol. The number of hydrogen-bond donors (Lipinski definition) is 0. The molecule has 3 nitrogen and oxygen atoms in total. The van der Waals surface area contributed by atoms with Crippen LogP contribution in [-0.2, 0) is 17.8 Å². The van der Waals surface area contributed by atoms with Crippen LogP contribution in [0.25, 0.3) is 10.2 Å². The second-order valence-electron chi connectivity index (χ2n) is 4.69. The maximum absolute atomic E-state index is 6.16. The van der Waals surface area contributed by atoms with Gasteiger partial charge < -0.3 is 4.74 Å². The highest BCUT2D eigenvalue weighted by Crippen LogP contribution is 2.40. The van der Waals surface area contributed by atoms with E-state index >= 15 is 0 Å². The number of aromatic nitrogens is 2. The van der Waals surface area contributed by atoms with Crippen LogP contribution in [0, 0.1) is 0 Å². The van der Waals surface area contributed by atoms with Gasteiger partial charge in [-0.2, -0.15) is 0 Å². The van der Waals surface area contributed by atoms with Crippen LogP contribution >= 0.6 is 34.5 Å². The third-order valence-electron chi connectivity index (χ3n) is 2.86. The van der Waals surface area contributed by atoms with Gasteiger partial charge in [-0.05, 0) is 31.0 Å². The summed E-state index contributed by atoms with van der Waals surface area (Å²) in [7, 11) is 0. The molecule has 17 heavy (non-hydrogen) atoms. The van der Waals surface area contributed by atoms with Crippen molar-refractivity contribution in [3.63, 3.8) is 0 Å². The maximum Gasteiger partial charge on any atom is 0.225 e. The first-order chi connectivity index (χ1) is 7.96.